The fourth-order valence-corrected chi connectivity index (χ4v) is 4.19. The van der Waals surface area contributed by atoms with Gasteiger partial charge < -0.3 is 5.32 Å². The predicted octanol–water partition coefficient (Wildman–Crippen LogP) is 5.11. The number of carbonyl (C=O) groups excluding carboxylic acids is 1. The van der Waals surface area contributed by atoms with Crippen molar-refractivity contribution in [3.8, 4) is 0 Å². The summed E-state index contributed by atoms with van der Waals surface area (Å²) in [5.41, 5.74) is 3.84. The van der Waals surface area contributed by atoms with E-state index in [1.165, 1.54) is 11.8 Å². The minimum Gasteiger partial charge on any atom is -0.321 e. The third kappa shape index (κ3) is 4.75. The van der Waals surface area contributed by atoms with Gasteiger partial charge in [-0.1, -0.05) is 13.8 Å². The van der Waals surface area contributed by atoms with Crippen LogP contribution in [0, 0.1) is 13.8 Å². The third-order valence-electron chi connectivity index (χ3n) is 3.81. The first kappa shape index (κ1) is 19.6. The fourth-order valence-electron chi connectivity index (χ4n) is 2.52. The van der Waals surface area contributed by atoms with Crippen molar-refractivity contribution in [3.63, 3.8) is 0 Å². The molecule has 2 N–H and O–H groups in total. The predicted molar refractivity (Wildman–Crippen MR) is 110 cm³/mol. The first-order valence-electron chi connectivity index (χ1n) is 8.49. The van der Waals surface area contributed by atoms with Crippen molar-refractivity contribution in [1.29, 1.82) is 0 Å². The minimum atomic E-state index is -0.261. The number of halogens is 1. The number of hydrogen-bond donors (Lipinski definition) is 2. The van der Waals surface area contributed by atoms with E-state index in [-0.39, 0.29) is 11.8 Å². The number of anilines is 1. The Bertz CT molecular complexity index is 948. The van der Waals surface area contributed by atoms with Gasteiger partial charge in [-0.2, -0.15) is 5.10 Å². The summed E-state index contributed by atoms with van der Waals surface area (Å²) in [6, 6.07) is 9.51. The monoisotopic (exact) mass is 445 g/mol. The van der Waals surface area contributed by atoms with Crippen LogP contribution in [-0.2, 0) is 0 Å². The maximum absolute atomic E-state index is 12.5. The molecule has 27 heavy (non-hydrogen) atoms. The summed E-state index contributed by atoms with van der Waals surface area (Å²) in [5, 5.41) is 10.6. The van der Waals surface area contributed by atoms with E-state index in [9.17, 15) is 4.79 Å². The van der Waals surface area contributed by atoms with E-state index in [0.717, 1.165) is 22.0 Å². The highest BCUT2D eigenvalue weighted by molar-refractivity contribution is 9.10. The van der Waals surface area contributed by atoms with Crippen LogP contribution in [0.4, 0.5) is 5.69 Å². The van der Waals surface area contributed by atoms with Gasteiger partial charge in [-0.05, 0) is 77.8 Å². The van der Waals surface area contributed by atoms with E-state index in [0.29, 0.717) is 21.0 Å². The van der Waals surface area contributed by atoms with Gasteiger partial charge in [0.2, 0.25) is 0 Å². The summed E-state index contributed by atoms with van der Waals surface area (Å²) < 4.78 is 0.703. The van der Waals surface area contributed by atoms with Crippen LogP contribution < -0.4 is 5.32 Å². The van der Waals surface area contributed by atoms with Crippen LogP contribution in [0.2, 0.25) is 0 Å². The lowest BCUT2D eigenvalue weighted by atomic mass is 10.1. The smallest absolute Gasteiger partial charge is 0.277 e. The van der Waals surface area contributed by atoms with Crippen molar-refractivity contribution in [1.82, 2.24) is 20.2 Å². The molecule has 0 unspecified atom stereocenters. The van der Waals surface area contributed by atoms with Gasteiger partial charge in [0.05, 0.1) is 10.2 Å². The van der Waals surface area contributed by atoms with Crippen molar-refractivity contribution in [2.45, 2.75) is 43.7 Å². The second kappa shape index (κ2) is 8.22. The number of nitrogens with one attached hydrogen (secondary N) is 2. The second-order valence-electron chi connectivity index (χ2n) is 6.47. The number of aromatic amines is 1. The number of aryl methyl sites for hydroxylation is 2. The summed E-state index contributed by atoms with van der Waals surface area (Å²) >= 11 is 4.94. The van der Waals surface area contributed by atoms with Crippen LogP contribution in [0.25, 0.3) is 0 Å². The molecule has 0 fully saturated rings. The zero-order valence-corrected chi connectivity index (χ0v) is 17.9. The molecule has 3 rings (SSSR count). The summed E-state index contributed by atoms with van der Waals surface area (Å²) in [4.78, 5) is 22.3. The Morgan fingerprint density at radius 2 is 1.78 bits per heavy atom. The summed E-state index contributed by atoms with van der Waals surface area (Å²) in [6.45, 7) is 7.98. The van der Waals surface area contributed by atoms with Crippen LogP contribution in [0.3, 0.4) is 0 Å². The van der Waals surface area contributed by atoms with Gasteiger partial charge in [0, 0.05) is 22.0 Å². The average molecular weight is 446 g/mol. The lowest BCUT2D eigenvalue weighted by Crippen LogP contribution is -2.13. The topological polar surface area (TPSA) is 83.6 Å². The number of nitrogens with zero attached hydrogens (tertiary/aromatic N) is 3. The molecule has 2 aromatic heterocycles. The Morgan fingerprint density at radius 1 is 1.15 bits per heavy atom. The quantitative estimate of drug-likeness (QED) is 0.533. The van der Waals surface area contributed by atoms with E-state index in [4.69, 9.17) is 0 Å². The van der Waals surface area contributed by atoms with E-state index >= 15 is 0 Å². The Morgan fingerprint density at radius 3 is 2.33 bits per heavy atom. The Kier molecular flexibility index (Phi) is 5.96. The molecule has 0 bridgehead atoms. The van der Waals surface area contributed by atoms with Crippen molar-refractivity contribution in [2.75, 3.05) is 5.32 Å². The normalized spacial score (nSPS) is 11.0. The number of H-pyrrole nitrogens is 1. The summed E-state index contributed by atoms with van der Waals surface area (Å²) in [6.07, 6.45) is 0. The number of hydrogen-bond acceptors (Lipinski definition) is 5. The Balaban J connectivity index is 1.69. The molecule has 3 aromatic rings. The molecule has 0 saturated carbocycles. The third-order valence-corrected chi connectivity index (χ3v) is 5.48. The molecule has 8 heteroatoms. The van der Waals surface area contributed by atoms with Gasteiger partial charge in [0.25, 0.3) is 5.91 Å². The van der Waals surface area contributed by atoms with Crippen LogP contribution in [0.1, 0.15) is 47.3 Å². The van der Waals surface area contributed by atoms with Crippen LogP contribution in [0.5, 0.6) is 0 Å². The molecule has 0 aliphatic heterocycles. The first-order valence-corrected chi connectivity index (χ1v) is 10.1. The highest BCUT2D eigenvalue weighted by Crippen LogP contribution is 2.28. The molecular formula is C19H20BrN5OS. The fraction of sp³-hybridized carbons (Fsp3) is 0.263. The molecule has 140 valence electrons. The molecule has 2 heterocycles. The minimum absolute atomic E-state index is 0.247. The lowest BCUT2D eigenvalue weighted by Gasteiger charge is -2.06. The second-order valence-corrected chi connectivity index (χ2v) is 8.30. The van der Waals surface area contributed by atoms with Gasteiger partial charge in [-0.25, -0.2) is 9.97 Å². The van der Waals surface area contributed by atoms with Crippen molar-refractivity contribution in [3.05, 3.63) is 57.6 Å². The lowest BCUT2D eigenvalue weighted by molar-refractivity contribution is 0.102. The number of aromatic nitrogens is 4. The van der Waals surface area contributed by atoms with Gasteiger partial charge in [-0.15, -0.1) is 0 Å². The van der Waals surface area contributed by atoms with Crippen LogP contribution >= 0.6 is 27.7 Å². The van der Waals surface area contributed by atoms with Crippen molar-refractivity contribution in [2.24, 2.45) is 0 Å². The highest BCUT2D eigenvalue weighted by atomic mass is 79.9. The molecule has 0 atom stereocenters. The zero-order chi connectivity index (χ0) is 19.6. The molecule has 0 radical (unpaired) electrons. The van der Waals surface area contributed by atoms with Crippen LogP contribution in [0.15, 0.2) is 44.9 Å². The van der Waals surface area contributed by atoms with Gasteiger partial charge in [0.1, 0.15) is 0 Å². The SMILES string of the molecule is Cc1cc(C)nc(Sc2ccc(NC(=O)c3n[nH]c(C(C)C)c3Br)cc2)n1. The number of amides is 1. The molecule has 0 aliphatic rings. The number of carbonyl (C=O) groups is 1. The highest BCUT2D eigenvalue weighted by Gasteiger charge is 2.19. The summed E-state index contributed by atoms with van der Waals surface area (Å²) in [7, 11) is 0. The molecule has 6 nitrogen and oxygen atoms in total. The van der Waals surface area contributed by atoms with E-state index in [1.54, 1.807) is 0 Å². The van der Waals surface area contributed by atoms with E-state index in [1.807, 2.05) is 58.0 Å². The molecule has 0 saturated heterocycles. The summed E-state index contributed by atoms with van der Waals surface area (Å²) in [5.74, 6) is -0.0136. The largest absolute Gasteiger partial charge is 0.321 e. The molecule has 1 aromatic carbocycles. The maximum atomic E-state index is 12.5. The van der Waals surface area contributed by atoms with Gasteiger partial charge >= 0.3 is 0 Å². The van der Waals surface area contributed by atoms with Gasteiger partial charge in [0.15, 0.2) is 10.9 Å². The Labute approximate surface area is 170 Å². The zero-order valence-electron chi connectivity index (χ0n) is 15.5. The average Bonchev–Trinajstić information content (AvgIpc) is 2.97. The molecule has 0 spiro atoms. The molecule has 0 aliphatic carbocycles. The van der Waals surface area contributed by atoms with Gasteiger partial charge in [-0.3, -0.25) is 9.89 Å². The maximum Gasteiger partial charge on any atom is 0.277 e. The standard InChI is InChI=1S/C19H20BrN5OS/c1-10(2)16-15(20)17(25-24-16)18(26)23-13-5-7-14(8-6-13)27-19-21-11(3)9-12(4)22-19/h5-10H,1-4H3,(H,23,26)(H,24,25). The van der Waals surface area contributed by atoms with Crippen molar-refractivity contribution < 1.29 is 4.79 Å². The molecule has 1 amide bonds. The van der Waals surface area contributed by atoms with E-state index in [2.05, 4.69) is 41.4 Å². The van der Waals surface area contributed by atoms with Crippen molar-refractivity contribution >= 4 is 39.3 Å². The van der Waals surface area contributed by atoms with Crippen LogP contribution in [-0.4, -0.2) is 26.1 Å². The Hall–Kier alpha value is -2.19. The number of benzene rings is 1. The number of rotatable bonds is 5. The first-order chi connectivity index (χ1) is 12.8. The molecular weight excluding hydrogens is 426 g/mol. The van der Waals surface area contributed by atoms with E-state index < -0.39 is 0 Å².